The molecule has 25 heavy (non-hydrogen) atoms. The van der Waals surface area contributed by atoms with Gasteiger partial charge in [0.2, 0.25) is 0 Å². The van der Waals surface area contributed by atoms with E-state index in [1.54, 1.807) is 4.90 Å². The smallest absolute Gasteiger partial charge is 0.266 e. The van der Waals surface area contributed by atoms with Gasteiger partial charge in [-0.25, -0.2) is 0 Å². The summed E-state index contributed by atoms with van der Waals surface area (Å²) in [4.78, 5) is 19.7. The van der Waals surface area contributed by atoms with Crippen LogP contribution in [0.15, 0.2) is 40.4 Å². The second-order valence-corrected chi connectivity index (χ2v) is 7.19. The number of likely N-dealkylation sites (N-methyl/N-ethyl adjacent to an activating group) is 1. The number of fused-ring (bicyclic) bond motifs is 1. The fourth-order valence-corrected chi connectivity index (χ4v) is 4.19. The normalized spacial score (nSPS) is 19.5. The van der Waals surface area contributed by atoms with Crippen LogP contribution in [0, 0.1) is 0 Å². The molecule has 1 fully saturated rings. The summed E-state index contributed by atoms with van der Waals surface area (Å²) in [5.74, 6) is 0.0556. The van der Waals surface area contributed by atoms with Crippen molar-refractivity contribution in [1.29, 1.82) is 0 Å². The number of thioether (sulfide) groups is 1. The van der Waals surface area contributed by atoms with E-state index in [1.165, 1.54) is 22.7 Å². The van der Waals surface area contributed by atoms with Crippen LogP contribution in [0.25, 0.3) is 17.0 Å². The maximum absolute atomic E-state index is 12.7. The van der Waals surface area contributed by atoms with Gasteiger partial charge in [-0.3, -0.25) is 14.7 Å². The number of rotatable bonds is 5. The summed E-state index contributed by atoms with van der Waals surface area (Å²) in [5.41, 5.74) is 2.31. The Morgan fingerprint density at radius 2 is 2.00 bits per heavy atom. The molecule has 1 aliphatic rings. The van der Waals surface area contributed by atoms with Crippen molar-refractivity contribution < 1.29 is 4.79 Å². The van der Waals surface area contributed by atoms with Crippen LogP contribution in [0.4, 0.5) is 0 Å². The highest BCUT2D eigenvalue weighted by Crippen LogP contribution is 2.35. The van der Waals surface area contributed by atoms with Crippen molar-refractivity contribution in [3.05, 3.63) is 40.9 Å². The van der Waals surface area contributed by atoms with Crippen molar-refractivity contribution in [2.45, 2.75) is 40.2 Å². The zero-order valence-electron chi connectivity index (χ0n) is 15.3. The fourth-order valence-electron chi connectivity index (χ4n) is 3.09. The van der Waals surface area contributed by atoms with Gasteiger partial charge in [0.05, 0.1) is 4.91 Å². The van der Waals surface area contributed by atoms with E-state index in [9.17, 15) is 4.79 Å². The minimum Gasteiger partial charge on any atom is -0.344 e. The molecule has 2 heterocycles. The van der Waals surface area contributed by atoms with E-state index in [1.807, 2.05) is 19.9 Å². The number of carbonyl (C=O) groups excluding carboxylic acids is 1. The molecule has 0 aliphatic carbocycles. The first-order valence-electron chi connectivity index (χ1n) is 8.96. The third kappa shape index (κ3) is 3.25. The number of nitrogens with zero attached hydrogens (tertiary/aromatic N) is 3. The number of para-hydroxylation sites is 1. The molecule has 0 saturated carbocycles. The summed E-state index contributed by atoms with van der Waals surface area (Å²) >= 11 is 1.48. The zero-order chi connectivity index (χ0) is 18.0. The van der Waals surface area contributed by atoms with Gasteiger partial charge in [-0.05, 0) is 51.1 Å². The Balaban J connectivity index is 2.07. The van der Waals surface area contributed by atoms with Crippen LogP contribution < -0.4 is 0 Å². The highest BCUT2D eigenvalue weighted by atomic mass is 32.2. The number of aliphatic imine (C=N–C) groups is 1. The van der Waals surface area contributed by atoms with Crippen LogP contribution >= 0.6 is 11.8 Å². The Morgan fingerprint density at radius 3 is 2.68 bits per heavy atom. The minimum atomic E-state index is 0.0556. The number of benzene rings is 1. The highest BCUT2D eigenvalue weighted by molar-refractivity contribution is 8.18. The van der Waals surface area contributed by atoms with Gasteiger partial charge in [0.1, 0.15) is 0 Å². The third-order valence-electron chi connectivity index (χ3n) is 4.62. The summed E-state index contributed by atoms with van der Waals surface area (Å²) in [6.07, 6.45) is 5.26. The maximum atomic E-state index is 12.7. The lowest BCUT2D eigenvalue weighted by Gasteiger charge is -2.12. The van der Waals surface area contributed by atoms with Gasteiger partial charge < -0.3 is 4.57 Å². The summed E-state index contributed by atoms with van der Waals surface area (Å²) in [6, 6.07) is 8.82. The first kappa shape index (κ1) is 17.8. The first-order valence-corrected chi connectivity index (χ1v) is 9.77. The number of hydrogen-bond acceptors (Lipinski definition) is 3. The van der Waals surface area contributed by atoms with E-state index in [0.717, 1.165) is 22.1 Å². The van der Waals surface area contributed by atoms with Crippen LogP contribution in [0.1, 0.15) is 45.7 Å². The summed E-state index contributed by atoms with van der Waals surface area (Å²) in [5, 5.41) is 2.00. The molecule has 1 atom stereocenters. The van der Waals surface area contributed by atoms with E-state index in [0.29, 0.717) is 19.1 Å². The zero-order valence-corrected chi connectivity index (χ0v) is 16.1. The number of aromatic nitrogens is 1. The SMILES string of the molecule is CCN=C1S/C(=C/c2cn([C@H](C)CC)c3ccccc23)C(=O)N1CC. The number of amides is 1. The van der Waals surface area contributed by atoms with Crippen molar-refractivity contribution in [3.63, 3.8) is 0 Å². The molecule has 1 saturated heterocycles. The standard InChI is InChI=1S/C20H25N3OS/c1-5-14(4)23-13-15(16-10-8-9-11-17(16)23)12-18-19(24)22(7-3)20(25-18)21-6-2/h8-14H,5-7H2,1-4H3/b18-12+,21-20?/t14-/m1/s1. The molecule has 5 heteroatoms. The molecule has 1 aromatic carbocycles. The largest absolute Gasteiger partial charge is 0.344 e. The second kappa shape index (κ2) is 7.48. The van der Waals surface area contributed by atoms with Crippen LogP contribution in [0.5, 0.6) is 0 Å². The van der Waals surface area contributed by atoms with Gasteiger partial charge >= 0.3 is 0 Å². The van der Waals surface area contributed by atoms with E-state index in [2.05, 4.69) is 53.9 Å². The monoisotopic (exact) mass is 355 g/mol. The molecule has 0 N–H and O–H groups in total. The first-order chi connectivity index (χ1) is 12.1. The molecule has 1 amide bonds. The second-order valence-electron chi connectivity index (χ2n) is 6.18. The summed E-state index contributed by atoms with van der Waals surface area (Å²) in [6.45, 7) is 9.74. The fraction of sp³-hybridized carbons (Fsp3) is 0.400. The lowest BCUT2D eigenvalue weighted by molar-refractivity contribution is -0.122. The van der Waals surface area contributed by atoms with Gasteiger partial charge in [-0.1, -0.05) is 25.1 Å². The molecule has 0 spiro atoms. The number of hydrogen-bond donors (Lipinski definition) is 0. The van der Waals surface area contributed by atoms with Crippen LogP contribution in [-0.2, 0) is 4.79 Å². The van der Waals surface area contributed by atoms with Crippen molar-refractivity contribution in [1.82, 2.24) is 9.47 Å². The van der Waals surface area contributed by atoms with Gasteiger partial charge in [-0.2, -0.15) is 0 Å². The number of carbonyl (C=O) groups is 1. The van der Waals surface area contributed by atoms with Gasteiger partial charge in [0, 0.05) is 41.8 Å². The minimum absolute atomic E-state index is 0.0556. The predicted molar refractivity (Wildman–Crippen MR) is 108 cm³/mol. The lowest BCUT2D eigenvalue weighted by atomic mass is 10.1. The lowest BCUT2D eigenvalue weighted by Crippen LogP contribution is -2.28. The summed E-state index contributed by atoms with van der Waals surface area (Å²) < 4.78 is 2.31. The average molecular weight is 356 g/mol. The van der Waals surface area contributed by atoms with Gasteiger partial charge in [0.25, 0.3) is 5.91 Å². The molecule has 1 aromatic heterocycles. The Kier molecular flexibility index (Phi) is 5.33. The van der Waals surface area contributed by atoms with Crippen LogP contribution in [0.3, 0.4) is 0 Å². The van der Waals surface area contributed by atoms with Crippen molar-refractivity contribution in [2.24, 2.45) is 4.99 Å². The van der Waals surface area contributed by atoms with Crippen LogP contribution in [0.2, 0.25) is 0 Å². The van der Waals surface area contributed by atoms with Crippen molar-refractivity contribution in [2.75, 3.05) is 13.1 Å². The van der Waals surface area contributed by atoms with Gasteiger partial charge in [-0.15, -0.1) is 0 Å². The van der Waals surface area contributed by atoms with Gasteiger partial charge in [0.15, 0.2) is 5.17 Å². The molecule has 132 valence electrons. The molecule has 0 unspecified atom stereocenters. The Hall–Kier alpha value is -2.01. The van der Waals surface area contributed by atoms with Crippen molar-refractivity contribution >= 4 is 39.8 Å². The molecule has 2 aromatic rings. The summed E-state index contributed by atoms with van der Waals surface area (Å²) in [7, 11) is 0. The van der Waals surface area contributed by atoms with E-state index >= 15 is 0 Å². The predicted octanol–water partition coefficient (Wildman–Crippen LogP) is 4.92. The maximum Gasteiger partial charge on any atom is 0.266 e. The van der Waals surface area contributed by atoms with Crippen LogP contribution in [-0.4, -0.2) is 33.6 Å². The molecule has 3 rings (SSSR count). The Labute approximate surface area is 153 Å². The molecule has 4 nitrogen and oxygen atoms in total. The molecule has 0 bridgehead atoms. The molecular formula is C20H25N3OS. The molecule has 0 radical (unpaired) electrons. The van der Waals surface area contributed by atoms with E-state index < -0.39 is 0 Å². The van der Waals surface area contributed by atoms with Crippen molar-refractivity contribution in [3.8, 4) is 0 Å². The Bertz CT molecular complexity index is 850. The Morgan fingerprint density at radius 1 is 1.24 bits per heavy atom. The molecular weight excluding hydrogens is 330 g/mol. The average Bonchev–Trinajstić information content (AvgIpc) is 3.13. The number of amidine groups is 1. The molecule has 1 aliphatic heterocycles. The van der Waals surface area contributed by atoms with E-state index in [-0.39, 0.29) is 5.91 Å². The quantitative estimate of drug-likeness (QED) is 0.714. The third-order valence-corrected chi connectivity index (χ3v) is 5.67. The van der Waals surface area contributed by atoms with E-state index in [4.69, 9.17) is 0 Å². The highest BCUT2D eigenvalue weighted by Gasteiger charge is 2.32. The topological polar surface area (TPSA) is 37.6 Å².